The van der Waals surface area contributed by atoms with Gasteiger partial charge in [0, 0.05) is 0 Å². The van der Waals surface area contributed by atoms with Crippen LogP contribution in [0, 0.1) is 12.3 Å². The van der Waals surface area contributed by atoms with Crippen LogP contribution in [0.3, 0.4) is 0 Å². The number of hydrogen-bond donors (Lipinski definition) is 0. The monoisotopic (exact) mass is 63.0 g/mol. The molecule has 1 heteroatoms. The van der Waals surface area contributed by atoms with E-state index in [2.05, 4.69) is 0 Å². The molecule has 0 N–H and O–H groups in total. The molecule has 22 valence electrons. The second-order valence-electron chi connectivity index (χ2n) is 0.418. The van der Waals surface area contributed by atoms with E-state index in [-0.39, 0.29) is 0 Å². The molecule has 0 unspecified atom stereocenters. The van der Waals surface area contributed by atoms with Crippen molar-refractivity contribution in [2.75, 3.05) is 0 Å². The van der Waals surface area contributed by atoms with Crippen molar-refractivity contribution in [2.24, 2.45) is 0 Å². The van der Waals surface area contributed by atoms with Gasteiger partial charge in [0.25, 0.3) is 0 Å². The van der Waals surface area contributed by atoms with Crippen molar-refractivity contribution in [2.45, 2.75) is 0 Å². The Morgan fingerprint density at radius 2 is 2.40 bits per heavy atom. The summed E-state index contributed by atoms with van der Waals surface area (Å²) in [6, 6.07) is 0. The standard InChI is InChI=1S/C4HN/c1-2-3-4-5/h3H. The molecule has 0 fully saturated rings. The predicted octanol–water partition coefficient (Wildman–Crippen LogP) is 0.371. The van der Waals surface area contributed by atoms with E-state index in [1.54, 1.807) is 11.8 Å². The van der Waals surface area contributed by atoms with Gasteiger partial charge in [-0.05, 0) is 0 Å². The summed E-state index contributed by atoms with van der Waals surface area (Å²) >= 11 is 0. The molecule has 0 aliphatic heterocycles. The summed E-state index contributed by atoms with van der Waals surface area (Å²) in [7, 11) is 0. The molecular formula is C4HN. The minimum atomic E-state index is 0.972. The van der Waals surface area contributed by atoms with Crippen LogP contribution in [0.4, 0.5) is 0 Å². The number of rotatable bonds is 0. The first-order valence-corrected chi connectivity index (χ1v) is 1.05. The molecule has 0 bridgehead atoms. The SMILES string of the molecule is [C+]#CC=C=[N-]. The van der Waals surface area contributed by atoms with E-state index in [1.165, 1.54) is 0 Å². The Labute approximate surface area is 30.8 Å². The zero-order chi connectivity index (χ0) is 4.12. The van der Waals surface area contributed by atoms with Gasteiger partial charge in [0.05, 0.1) is 0 Å². The van der Waals surface area contributed by atoms with Crippen LogP contribution >= 0.6 is 0 Å². The molecular weight excluding hydrogens is 62.1 g/mol. The Morgan fingerprint density at radius 3 is 2.40 bits per heavy atom. The number of allylic oxidation sites excluding steroid dienone is 1. The first-order valence-electron chi connectivity index (χ1n) is 1.05. The molecule has 0 spiro atoms. The van der Waals surface area contributed by atoms with Crippen molar-refractivity contribution < 1.29 is 0 Å². The van der Waals surface area contributed by atoms with Gasteiger partial charge >= 0.3 is 29.7 Å². The van der Waals surface area contributed by atoms with Gasteiger partial charge in [-0.15, -0.1) is 0 Å². The fourth-order valence-corrected chi connectivity index (χ4v) is 0.0323. The predicted molar refractivity (Wildman–Crippen MR) is 20.1 cm³/mol. The molecule has 0 aliphatic rings. The van der Waals surface area contributed by atoms with Gasteiger partial charge in [-0.25, -0.2) is 0 Å². The van der Waals surface area contributed by atoms with E-state index in [0.717, 1.165) is 6.08 Å². The fraction of sp³-hybridized carbons (Fsp3) is 0. The molecule has 0 aromatic heterocycles. The zero-order valence-corrected chi connectivity index (χ0v) is 2.52. The van der Waals surface area contributed by atoms with Crippen molar-refractivity contribution in [1.82, 2.24) is 0 Å². The zero-order valence-electron chi connectivity index (χ0n) is 2.52. The molecule has 0 aromatic carbocycles. The Kier molecular flexibility index (Phi) is 2.73. The summed E-state index contributed by atoms with van der Waals surface area (Å²) in [5, 5.41) is 7.58. The molecule has 0 saturated carbocycles. The molecule has 0 heterocycles. The first kappa shape index (κ1) is 4.23. The Morgan fingerprint density at radius 1 is 1.80 bits per heavy atom. The molecule has 0 saturated heterocycles. The van der Waals surface area contributed by atoms with Crippen molar-refractivity contribution >= 4 is 5.87 Å². The van der Waals surface area contributed by atoms with Gasteiger partial charge in [0.2, 0.25) is 0 Å². The number of hydrogen-bond acceptors (Lipinski definition) is 0. The van der Waals surface area contributed by atoms with Crippen molar-refractivity contribution in [3.8, 4) is 5.92 Å². The molecule has 0 amide bonds. The molecule has 0 radical (unpaired) electrons. The summed E-state index contributed by atoms with van der Waals surface area (Å²) in [6.45, 7) is 0. The Hall–Kier alpha value is -0.770. The van der Waals surface area contributed by atoms with Crippen molar-refractivity contribution in [3.05, 3.63) is 17.9 Å². The quantitative estimate of drug-likeness (QED) is 0.220. The number of nitrogens with zero attached hydrogens (tertiary/aromatic N) is 1. The van der Waals surface area contributed by atoms with Crippen LogP contribution in [0.5, 0.6) is 0 Å². The molecule has 0 aromatic rings. The van der Waals surface area contributed by atoms with Crippen molar-refractivity contribution in [3.63, 3.8) is 0 Å². The van der Waals surface area contributed by atoms with Gasteiger partial charge in [0.15, 0.2) is 0 Å². The van der Waals surface area contributed by atoms with E-state index >= 15 is 0 Å². The van der Waals surface area contributed by atoms with E-state index in [4.69, 9.17) is 11.8 Å². The van der Waals surface area contributed by atoms with Crippen LogP contribution in [0.2, 0.25) is 0 Å². The average molecular weight is 63.1 g/mol. The third-order valence-corrected chi connectivity index (χ3v) is 0.137. The molecule has 0 atom stereocenters. The van der Waals surface area contributed by atoms with Gasteiger partial charge in [-0.1, -0.05) is 0 Å². The Balaban J connectivity index is 3.46. The minimum absolute atomic E-state index is 0.972. The van der Waals surface area contributed by atoms with Gasteiger partial charge in [-0.3, -0.25) is 0 Å². The normalized spacial score (nSPS) is 4.40. The molecule has 1 nitrogen and oxygen atoms in total. The van der Waals surface area contributed by atoms with E-state index in [1.807, 2.05) is 0 Å². The third kappa shape index (κ3) is 3.23. The maximum atomic E-state index is 7.58. The molecule has 0 rings (SSSR count). The van der Waals surface area contributed by atoms with E-state index < -0.39 is 0 Å². The van der Waals surface area contributed by atoms with Gasteiger partial charge in [0.1, 0.15) is 0 Å². The van der Waals surface area contributed by atoms with Crippen LogP contribution < -0.4 is 0 Å². The Bertz CT molecular complexity index is 90.7. The molecule has 0 aliphatic carbocycles. The summed E-state index contributed by atoms with van der Waals surface area (Å²) in [5.74, 6) is 3.38. The van der Waals surface area contributed by atoms with Gasteiger partial charge in [-0.2, -0.15) is 0 Å². The van der Waals surface area contributed by atoms with Gasteiger partial charge < -0.3 is 0 Å². The van der Waals surface area contributed by atoms with Crippen LogP contribution in [0.1, 0.15) is 0 Å². The topological polar surface area (TPSA) is 22.3 Å². The summed E-state index contributed by atoms with van der Waals surface area (Å²) < 4.78 is 0. The second kappa shape index (κ2) is 3.23. The first-order chi connectivity index (χ1) is 2.41. The molecule has 5 heavy (non-hydrogen) atoms. The summed E-state index contributed by atoms with van der Waals surface area (Å²) in [6.07, 6.45) is 7.05. The van der Waals surface area contributed by atoms with Crippen molar-refractivity contribution in [1.29, 1.82) is 0 Å². The van der Waals surface area contributed by atoms with Crippen LogP contribution in [-0.4, -0.2) is 5.87 Å². The third-order valence-electron chi connectivity index (χ3n) is 0.137. The second-order valence-corrected chi connectivity index (χ2v) is 0.418. The van der Waals surface area contributed by atoms with Crippen LogP contribution in [-0.2, 0) is 0 Å². The summed E-state index contributed by atoms with van der Waals surface area (Å²) in [5.41, 5.74) is 0. The van der Waals surface area contributed by atoms with E-state index in [9.17, 15) is 0 Å². The fourth-order valence-electron chi connectivity index (χ4n) is 0.0323. The van der Waals surface area contributed by atoms with E-state index in [0.29, 0.717) is 0 Å². The maximum absolute atomic E-state index is 7.58. The van der Waals surface area contributed by atoms with Crippen LogP contribution in [0.15, 0.2) is 6.08 Å². The summed E-state index contributed by atoms with van der Waals surface area (Å²) in [4.78, 5) is 0. The van der Waals surface area contributed by atoms with Crippen LogP contribution in [0.25, 0.3) is 5.41 Å². The average Bonchev–Trinajstić information content (AvgIpc) is 1.41.